The third-order valence-corrected chi connectivity index (χ3v) is 7.54. The molecule has 1 aromatic carbocycles. The summed E-state index contributed by atoms with van der Waals surface area (Å²) in [5.74, 6) is 2.21. The largest absolute Gasteiger partial charge is 0.482 e. The zero-order chi connectivity index (χ0) is 18.2. The summed E-state index contributed by atoms with van der Waals surface area (Å²) in [6, 6.07) is 8.01. The van der Waals surface area contributed by atoms with Crippen molar-refractivity contribution >= 4 is 35.4 Å². The molecule has 2 aliphatic rings. The summed E-state index contributed by atoms with van der Waals surface area (Å²) in [5, 5.41) is 2.93. The molecule has 5 nitrogen and oxygen atoms in total. The predicted octanol–water partition coefficient (Wildman–Crippen LogP) is 3.54. The Morgan fingerprint density at radius 2 is 1.77 bits per heavy atom. The third-order valence-electron chi connectivity index (χ3n) is 4.47. The molecule has 7 heteroatoms. The van der Waals surface area contributed by atoms with Crippen molar-refractivity contribution < 1.29 is 19.1 Å². The van der Waals surface area contributed by atoms with Gasteiger partial charge in [0, 0.05) is 23.1 Å². The molecule has 1 aliphatic carbocycles. The zero-order valence-corrected chi connectivity index (χ0v) is 16.4. The summed E-state index contributed by atoms with van der Waals surface area (Å²) >= 11 is 3.78. The maximum Gasteiger partial charge on any atom is 0.344 e. The first kappa shape index (κ1) is 19.4. The summed E-state index contributed by atoms with van der Waals surface area (Å²) in [6.45, 7) is -0.426. The fraction of sp³-hybridized carbons (Fsp3) is 0.579. The van der Waals surface area contributed by atoms with Crippen LogP contribution in [-0.2, 0) is 14.3 Å². The monoisotopic (exact) mass is 395 g/mol. The summed E-state index contributed by atoms with van der Waals surface area (Å²) in [5.41, 5.74) is 1.10. The van der Waals surface area contributed by atoms with Gasteiger partial charge in [0.25, 0.3) is 5.91 Å². The average molecular weight is 396 g/mol. The Labute approximate surface area is 163 Å². The molecular weight excluding hydrogens is 370 g/mol. The lowest BCUT2D eigenvalue weighted by molar-refractivity contribution is -0.150. The maximum atomic E-state index is 11.9. The molecule has 3 rings (SSSR count). The molecule has 1 aromatic rings. The van der Waals surface area contributed by atoms with Crippen LogP contribution in [0.1, 0.15) is 42.2 Å². The van der Waals surface area contributed by atoms with Crippen molar-refractivity contribution in [2.24, 2.45) is 0 Å². The van der Waals surface area contributed by atoms with Crippen LogP contribution in [0.2, 0.25) is 0 Å². The van der Waals surface area contributed by atoms with Crippen molar-refractivity contribution in [2.45, 2.75) is 42.7 Å². The lowest BCUT2D eigenvalue weighted by Crippen LogP contribution is -2.39. The van der Waals surface area contributed by atoms with Crippen LogP contribution >= 0.6 is 23.5 Å². The molecule has 1 aliphatic heterocycles. The molecule has 0 radical (unpaired) electrons. The Morgan fingerprint density at radius 3 is 2.54 bits per heavy atom. The zero-order valence-electron chi connectivity index (χ0n) is 14.8. The van der Waals surface area contributed by atoms with Gasteiger partial charge < -0.3 is 14.8 Å². The van der Waals surface area contributed by atoms with Gasteiger partial charge in [0.05, 0.1) is 4.58 Å². The highest BCUT2D eigenvalue weighted by Gasteiger charge is 2.22. The number of carbonyl (C=O) groups excluding carboxylic acids is 2. The molecule has 0 unspecified atom stereocenters. The van der Waals surface area contributed by atoms with E-state index >= 15 is 0 Å². The second-order valence-electron chi connectivity index (χ2n) is 6.46. The van der Waals surface area contributed by atoms with Gasteiger partial charge in [0.1, 0.15) is 5.75 Å². The molecular formula is C19H25NO4S2. The average Bonchev–Trinajstić information content (AvgIpc) is 3.20. The van der Waals surface area contributed by atoms with E-state index in [1.165, 1.54) is 6.42 Å². The normalized spacial score (nSPS) is 18.5. The number of hydrogen-bond donors (Lipinski definition) is 1. The molecule has 0 bridgehead atoms. The van der Waals surface area contributed by atoms with Crippen LogP contribution in [0.4, 0.5) is 0 Å². The van der Waals surface area contributed by atoms with Gasteiger partial charge in [-0.15, -0.1) is 23.5 Å². The van der Waals surface area contributed by atoms with Gasteiger partial charge in [0.15, 0.2) is 13.2 Å². The Morgan fingerprint density at radius 1 is 1.04 bits per heavy atom. The second kappa shape index (κ2) is 10.1. The van der Waals surface area contributed by atoms with Gasteiger partial charge in [-0.2, -0.15) is 0 Å². The number of ether oxygens (including phenoxy) is 2. The molecule has 2 fully saturated rings. The summed E-state index contributed by atoms with van der Waals surface area (Å²) < 4.78 is 11.1. The van der Waals surface area contributed by atoms with Crippen molar-refractivity contribution in [3.05, 3.63) is 29.8 Å². The third kappa shape index (κ3) is 5.84. The van der Waals surface area contributed by atoms with Crippen LogP contribution in [0.5, 0.6) is 5.75 Å². The van der Waals surface area contributed by atoms with Crippen LogP contribution in [-0.4, -0.2) is 42.6 Å². The molecule has 1 N–H and O–H groups in total. The number of amides is 1. The Bertz CT molecular complexity index is 613. The summed E-state index contributed by atoms with van der Waals surface area (Å²) in [4.78, 5) is 23.8. The standard InChI is InChI=1S/C19H25NO4S2/c21-17(20-14-6-2-1-3-7-14)12-24-18(22)13-23-16-9-5-4-8-15(16)19-25-10-11-26-19/h4-5,8-9,14,19H,1-3,6-7,10-13H2,(H,20,21). The van der Waals surface area contributed by atoms with Crippen LogP contribution in [0.25, 0.3) is 0 Å². The van der Waals surface area contributed by atoms with E-state index in [1.807, 2.05) is 47.8 Å². The first-order valence-electron chi connectivity index (χ1n) is 9.12. The van der Waals surface area contributed by atoms with E-state index in [0.717, 1.165) is 42.8 Å². The SMILES string of the molecule is O=C(COC(=O)COc1ccccc1C1SCCS1)NC1CCCCC1. The van der Waals surface area contributed by atoms with E-state index in [4.69, 9.17) is 9.47 Å². The summed E-state index contributed by atoms with van der Waals surface area (Å²) in [6.07, 6.45) is 5.55. The van der Waals surface area contributed by atoms with Gasteiger partial charge in [-0.3, -0.25) is 4.79 Å². The first-order chi connectivity index (χ1) is 12.7. The predicted molar refractivity (Wildman–Crippen MR) is 106 cm³/mol. The van der Waals surface area contributed by atoms with E-state index in [-0.39, 0.29) is 25.2 Å². The van der Waals surface area contributed by atoms with Crippen LogP contribution in [0.15, 0.2) is 24.3 Å². The number of carbonyl (C=O) groups is 2. The number of para-hydroxylation sites is 1. The van der Waals surface area contributed by atoms with E-state index < -0.39 is 5.97 Å². The fourth-order valence-electron chi connectivity index (χ4n) is 3.19. The lowest BCUT2D eigenvalue weighted by atomic mass is 9.95. The van der Waals surface area contributed by atoms with Crippen LogP contribution in [0, 0.1) is 0 Å². The molecule has 0 atom stereocenters. The van der Waals surface area contributed by atoms with E-state index in [2.05, 4.69) is 5.32 Å². The van der Waals surface area contributed by atoms with Crippen molar-refractivity contribution in [3.8, 4) is 5.75 Å². The van der Waals surface area contributed by atoms with E-state index in [0.29, 0.717) is 10.3 Å². The smallest absolute Gasteiger partial charge is 0.344 e. The number of esters is 1. The minimum atomic E-state index is -0.523. The van der Waals surface area contributed by atoms with Gasteiger partial charge >= 0.3 is 5.97 Å². The van der Waals surface area contributed by atoms with Crippen molar-refractivity contribution in [3.63, 3.8) is 0 Å². The van der Waals surface area contributed by atoms with Crippen molar-refractivity contribution in [1.82, 2.24) is 5.32 Å². The topological polar surface area (TPSA) is 64.6 Å². The molecule has 1 amide bonds. The number of rotatable bonds is 7. The lowest BCUT2D eigenvalue weighted by Gasteiger charge is -2.22. The fourth-order valence-corrected chi connectivity index (χ4v) is 6.09. The number of nitrogens with one attached hydrogen (secondary N) is 1. The highest BCUT2D eigenvalue weighted by molar-refractivity contribution is 8.19. The quantitative estimate of drug-likeness (QED) is 0.713. The highest BCUT2D eigenvalue weighted by atomic mass is 32.2. The Kier molecular flexibility index (Phi) is 7.55. The highest BCUT2D eigenvalue weighted by Crippen LogP contribution is 2.48. The second-order valence-corrected chi connectivity index (χ2v) is 9.19. The Balaban J connectivity index is 1.40. The first-order valence-corrected chi connectivity index (χ1v) is 11.2. The summed E-state index contributed by atoms with van der Waals surface area (Å²) in [7, 11) is 0. The Hall–Kier alpha value is -1.34. The van der Waals surface area contributed by atoms with E-state index in [1.54, 1.807) is 0 Å². The van der Waals surface area contributed by atoms with Gasteiger partial charge in [-0.1, -0.05) is 37.5 Å². The molecule has 0 spiro atoms. The number of thioether (sulfide) groups is 2. The van der Waals surface area contributed by atoms with Crippen molar-refractivity contribution in [1.29, 1.82) is 0 Å². The minimum Gasteiger partial charge on any atom is -0.482 e. The minimum absolute atomic E-state index is 0.185. The van der Waals surface area contributed by atoms with Gasteiger partial charge in [-0.25, -0.2) is 4.79 Å². The number of hydrogen-bond acceptors (Lipinski definition) is 6. The molecule has 26 heavy (non-hydrogen) atoms. The van der Waals surface area contributed by atoms with Crippen LogP contribution < -0.4 is 10.1 Å². The number of benzene rings is 1. The molecule has 142 valence electrons. The molecule has 1 heterocycles. The van der Waals surface area contributed by atoms with Crippen molar-refractivity contribution in [2.75, 3.05) is 24.7 Å². The van der Waals surface area contributed by atoms with Crippen LogP contribution in [0.3, 0.4) is 0 Å². The van der Waals surface area contributed by atoms with E-state index in [9.17, 15) is 9.59 Å². The molecule has 0 aromatic heterocycles. The van der Waals surface area contributed by atoms with Gasteiger partial charge in [0.2, 0.25) is 0 Å². The maximum absolute atomic E-state index is 11.9. The van der Waals surface area contributed by atoms with Gasteiger partial charge in [-0.05, 0) is 18.9 Å². The molecule has 1 saturated heterocycles. The molecule has 1 saturated carbocycles.